The van der Waals surface area contributed by atoms with E-state index in [9.17, 15) is 9.59 Å². The van der Waals surface area contributed by atoms with Crippen LogP contribution in [-0.2, 0) is 9.59 Å². The number of hydrogen-bond donors (Lipinski definition) is 1. The van der Waals surface area contributed by atoms with Crippen molar-refractivity contribution in [3.05, 3.63) is 0 Å². The van der Waals surface area contributed by atoms with Gasteiger partial charge in [-0.15, -0.1) is 0 Å². The molecule has 0 aromatic rings. The maximum atomic E-state index is 11.8. The molecule has 1 aliphatic heterocycles. The zero-order chi connectivity index (χ0) is 10.8. The summed E-state index contributed by atoms with van der Waals surface area (Å²) in [4.78, 5) is 24.2. The second kappa shape index (κ2) is 4.21. The van der Waals surface area contributed by atoms with E-state index in [1.165, 1.54) is 6.42 Å². The van der Waals surface area contributed by atoms with Gasteiger partial charge in [-0.1, -0.05) is 6.42 Å². The van der Waals surface area contributed by atoms with Gasteiger partial charge in [0.1, 0.15) is 0 Å². The molecule has 0 spiro atoms. The Labute approximate surface area is 89.3 Å². The summed E-state index contributed by atoms with van der Waals surface area (Å²) in [6.07, 6.45) is 4.28. The van der Waals surface area contributed by atoms with Crippen LogP contribution in [0.2, 0.25) is 0 Å². The van der Waals surface area contributed by atoms with Gasteiger partial charge in [0.25, 0.3) is 0 Å². The fourth-order valence-corrected chi connectivity index (χ4v) is 2.36. The predicted molar refractivity (Wildman–Crippen MR) is 54.3 cm³/mol. The van der Waals surface area contributed by atoms with Crippen LogP contribution in [0.4, 0.5) is 0 Å². The average molecular weight is 211 g/mol. The number of rotatable bonds is 3. The zero-order valence-electron chi connectivity index (χ0n) is 8.82. The second-order valence-corrected chi connectivity index (χ2v) is 4.66. The monoisotopic (exact) mass is 211 g/mol. The van der Waals surface area contributed by atoms with Crippen LogP contribution in [-0.4, -0.2) is 35.0 Å². The molecule has 0 radical (unpaired) electrons. The van der Waals surface area contributed by atoms with Crippen LogP contribution in [0.25, 0.3) is 0 Å². The predicted octanol–water partition coefficient (Wildman–Crippen LogP) is 1.11. The van der Waals surface area contributed by atoms with Crippen LogP contribution in [0.5, 0.6) is 0 Å². The second-order valence-electron chi connectivity index (χ2n) is 4.66. The number of aliphatic carboxylic acids is 1. The summed E-state index contributed by atoms with van der Waals surface area (Å²) in [6, 6.07) is 0. The Kier molecular flexibility index (Phi) is 2.93. The van der Waals surface area contributed by atoms with Gasteiger partial charge < -0.3 is 10.0 Å². The van der Waals surface area contributed by atoms with Gasteiger partial charge in [0, 0.05) is 25.4 Å². The standard InChI is InChI=1S/C11H17NO3/c13-10(14)6-8-4-5-12(7-8)11(15)9-2-1-3-9/h8-9H,1-7H2,(H,13,14). The molecule has 1 aliphatic carbocycles. The topological polar surface area (TPSA) is 57.6 Å². The molecule has 2 rings (SSSR count). The largest absolute Gasteiger partial charge is 0.481 e. The van der Waals surface area contributed by atoms with Gasteiger partial charge in [0.15, 0.2) is 0 Å². The summed E-state index contributed by atoms with van der Waals surface area (Å²) < 4.78 is 0. The van der Waals surface area contributed by atoms with Gasteiger partial charge in [0.2, 0.25) is 5.91 Å². The minimum absolute atomic E-state index is 0.173. The minimum Gasteiger partial charge on any atom is -0.481 e. The highest BCUT2D eigenvalue weighted by molar-refractivity contribution is 5.80. The first kappa shape index (κ1) is 10.5. The van der Waals surface area contributed by atoms with E-state index in [1.807, 2.05) is 4.90 Å². The van der Waals surface area contributed by atoms with Gasteiger partial charge in [0.05, 0.1) is 0 Å². The van der Waals surface area contributed by atoms with E-state index >= 15 is 0 Å². The molecular weight excluding hydrogens is 194 g/mol. The summed E-state index contributed by atoms with van der Waals surface area (Å²) in [7, 11) is 0. The number of hydrogen-bond acceptors (Lipinski definition) is 2. The number of likely N-dealkylation sites (tertiary alicyclic amines) is 1. The van der Waals surface area contributed by atoms with Gasteiger partial charge in [-0.2, -0.15) is 0 Å². The number of carboxylic acid groups (broad SMARTS) is 1. The molecule has 0 bridgehead atoms. The fraction of sp³-hybridized carbons (Fsp3) is 0.818. The fourth-order valence-electron chi connectivity index (χ4n) is 2.36. The number of amides is 1. The normalized spacial score (nSPS) is 26.4. The molecular formula is C11H17NO3. The highest BCUT2D eigenvalue weighted by Gasteiger charge is 2.34. The Morgan fingerprint density at radius 3 is 2.53 bits per heavy atom. The highest BCUT2D eigenvalue weighted by atomic mass is 16.4. The minimum atomic E-state index is -0.752. The molecule has 1 saturated carbocycles. The zero-order valence-corrected chi connectivity index (χ0v) is 8.82. The average Bonchev–Trinajstić information content (AvgIpc) is 2.48. The van der Waals surface area contributed by atoms with Crippen molar-refractivity contribution in [2.75, 3.05) is 13.1 Å². The molecule has 0 aromatic heterocycles. The quantitative estimate of drug-likeness (QED) is 0.760. The first-order valence-electron chi connectivity index (χ1n) is 5.67. The van der Waals surface area contributed by atoms with Crippen molar-refractivity contribution in [3.8, 4) is 0 Å². The van der Waals surface area contributed by atoms with Crippen molar-refractivity contribution < 1.29 is 14.7 Å². The molecule has 1 saturated heterocycles. The highest BCUT2D eigenvalue weighted by Crippen LogP contribution is 2.30. The molecule has 1 amide bonds. The van der Waals surface area contributed by atoms with E-state index in [1.54, 1.807) is 0 Å². The summed E-state index contributed by atoms with van der Waals surface area (Å²) >= 11 is 0. The Hall–Kier alpha value is -1.06. The molecule has 4 heteroatoms. The molecule has 4 nitrogen and oxygen atoms in total. The van der Waals surface area contributed by atoms with Gasteiger partial charge in [-0.25, -0.2) is 0 Å². The van der Waals surface area contributed by atoms with Crippen LogP contribution >= 0.6 is 0 Å². The molecule has 2 fully saturated rings. The number of carboxylic acids is 1. The third-order valence-corrected chi connectivity index (χ3v) is 3.52. The van der Waals surface area contributed by atoms with E-state index in [4.69, 9.17) is 5.11 Å². The maximum Gasteiger partial charge on any atom is 0.303 e. The molecule has 1 heterocycles. The molecule has 2 aliphatic rings. The lowest BCUT2D eigenvalue weighted by Gasteiger charge is -2.29. The third-order valence-electron chi connectivity index (χ3n) is 3.52. The molecule has 15 heavy (non-hydrogen) atoms. The van der Waals surface area contributed by atoms with Gasteiger partial charge >= 0.3 is 5.97 Å². The summed E-state index contributed by atoms with van der Waals surface area (Å²) in [5, 5.41) is 8.66. The van der Waals surface area contributed by atoms with Gasteiger partial charge in [-0.05, 0) is 25.2 Å². The Balaban J connectivity index is 1.81. The van der Waals surface area contributed by atoms with Crippen molar-refractivity contribution >= 4 is 11.9 Å². The van der Waals surface area contributed by atoms with E-state index in [2.05, 4.69) is 0 Å². The van der Waals surface area contributed by atoms with Crippen LogP contribution in [0.15, 0.2) is 0 Å². The Morgan fingerprint density at radius 1 is 1.27 bits per heavy atom. The van der Waals surface area contributed by atoms with E-state index in [-0.39, 0.29) is 24.2 Å². The van der Waals surface area contributed by atoms with Gasteiger partial charge in [-0.3, -0.25) is 9.59 Å². The Bertz CT molecular complexity index is 273. The molecule has 1 unspecified atom stereocenters. The van der Waals surface area contributed by atoms with Crippen molar-refractivity contribution in [3.63, 3.8) is 0 Å². The van der Waals surface area contributed by atoms with Crippen LogP contribution in [0, 0.1) is 11.8 Å². The first-order valence-corrected chi connectivity index (χ1v) is 5.67. The molecule has 1 atom stereocenters. The SMILES string of the molecule is O=C(O)CC1CCN(C(=O)C2CCC2)C1. The van der Waals surface area contributed by atoms with Crippen molar-refractivity contribution in [2.24, 2.45) is 11.8 Å². The lowest BCUT2D eigenvalue weighted by atomic mass is 9.84. The van der Waals surface area contributed by atoms with Crippen LogP contribution in [0.3, 0.4) is 0 Å². The molecule has 84 valence electrons. The van der Waals surface area contributed by atoms with E-state index in [0.29, 0.717) is 6.54 Å². The summed E-state index contributed by atoms with van der Waals surface area (Å²) in [5.41, 5.74) is 0. The lowest BCUT2D eigenvalue weighted by molar-refractivity contribution is -0.139. The van der Waals surface area contributed by atoms with Crippen molar-refractivity contribution in [1.29, 1.82) is 0 Å². The van der Waals surface area contributed by atoms with Crippen LogP contribution < -0.4 is 0 Å². The van der Waals surface area contributed by atoms with Crippen molar-refractivity contribution in [1.82, 2.24) is 4.90 Å². The number of nitrogens with zero attached hydrogens (tertiary/aromatic N) is 1. The van der Waals surface area contributed by atoms with Crippen molar-refractivity contribution in [2.45, 2.75) is 32.1 Å². The van der Waals surface area contributed by atoms with E-state index in [0.717, 1.165) is 25.8 Å². The third kappa shape index (κ3) is 2.30. The summed E-state index contributed by atoms with van der Waals surface area (Å²) in [6.45, 7) is 1.41. The molecule has 1 N–H and O–H groups in total. The lowest BCUT2D eigenvalue weighted by Crippen LogP contribution is -2.37. The molecule has 0 aromatic carbocycles. The first-order chi connectivity index (χ1) is 7.16. The Morgan fingerprint density at radius 2 is 2.00 bits per heavy atom. The maximum absolute atomic E-state index is 11.8. The van der Waals surface area contributed by atoms with Crippen LogP contribution in [0.1, 0.15) is 32.1 Å². The smallest absolute Gasteiger partial charge is 0.303 e. The summed E-state index contributed by atoms with van der Waals surface area (Å²) in [5.74, 6) is -0.0767. The number of carbonyl (C=O) groups excluding carboxylic acids is 1. The number of carbonyl (C=O) groups is 2. The van der Waals surface area contributed by atoms with E-state index < -0.39 is 5.97 Å².